The third kappa shape index (κ3) is 0.728. The number of fused-ring (bicyclic) bond motifs is 2. The highest BCUT2D eigenvalue weighted by molar-refractivity contribution is 5.12. The molecule has 0 aromatic rings. The van der Waals surface area contributed by atoms with Gasteiger partial charge in [0, 0.05) is 5.41 Å². The third-order valence-electron chi connectivity index (χ3n) is 4.34. The molecule has 2 saturated carbocycles. The molecule has 12 heavy (non-hydrogen) atoms. The fourth-order valence-electron chi connectivity index (χ4n) is 3.22. The van der Waals surface area contributed by atoms with E-state index in [1.54, 1.807) is 0 Å². The van der Waals surface area contributed by atoms with Gasteiger partial charge >= 0.3 is 0 Å². The molecule has 0 aromatic heterocycles. The van der Waals surface area contributed by atoms with Crippen LogP contribution >= 0.6 is 0 Å². The second-order valence-corrected chi connectivity index (χ2v) is 5.38. The Morgan fingerprint density at radius 2 is 1.75 bits per heavy atom. The van der Waals surface area contributed by atoms with E-state index in [0.29, 0.717) is 5.92 Å². The fraction of sp³-hybridized carbons (Fsp3) is 1.00. The molecule has 2 N–H and O–H groups in total. The van der Waals surface area contributed by atoms with Crippen LogP contribution in [-0.2, 0) is 0 Å². The van der Waals surface area contributed by atoms with Gasteiger partial charge in [0.25, 0.3) is 0 Å². The molecule has 2 rings (SSSR count). The van der Waals surface area contributed by atoms with E-state index in [1.807, 2.05) is 6.92 Å². The number of hydrogen-bond donors (Lipinski definition) is 2. The lowest BCUT2D eigenvalue weighted by atomic mass is 9.69. The summed E-state index contributed by atoms with van der Waals surface area (Å²) < 4.78 is 0. The summed E-state index contributed by atoms with van der Waals surface area (Å²) in [5.41, 5.74) is -0.220. The Morgan fingerprint density at radius 3 is 2.08 bits per heavy atom. The Balaban J connectivity index is 2.36. The molecule has 2 fully saturated rings. The van der Waals surface area contributed by atoms with Gasteiger partial charge in [-0.2, -0.15) is 0 Å². The average Bonchev–Trinajstić information content (AvgIpc) is 2.34. The Morgan fingerprint density at radius 1 is 1.17 bits per heavy atom. The zero-order valence-corrected chi connectivity index (χ0v) is 8.04. The molecule has 70 valence electrons. The van der Waals surface area contributed by atoms with Gasteiger partial charge in [-0.05, 0) is 24.2 Å². The molecular formula is C10H18O2. The van der Waals surface area contributed by atoms with E-state index >= 15 is 0 Å². The minimum atomic E-state index is -0.334. The summed E-state index contributed by atoms with van der Waals surface area (Å²) in [6, 6.07) is 0. The molecule has 0 spiro atoms. The molecular weight excluding hydrogens is 152 g/mol. The van der Waals surface area contributed by atoms with E-state index in [1.165, 1.54) is 0 Å². The first kappa shape index (κ1) is 8.52. The molecule has 0 amide bonds. The maximum atomic E-state index is 10.0. The highest BCUT2D eigenvalue weighted by Gasteiger charge is 2.63. The minimum absolute atomic E-state index is 0.00792. The summed E-state index contributed by atoms with van der Waals surface area (Å²) >= 11 is 0. The van der Waals surface area contributed by atoms with Crippen LogP contribution in [-0.4, -0.2) is 22.4 Å². The topological polar surface area (TPSA) is 40.5 Å². The number of hydrogen-bond acceptors (Lipinski definition) is 2. The lowest BCUT2D eigenvalue weighted by Crippen LogP contribution is -2.47. The van der Waals surface area contributed by atoms with Crippen LogP contribution in [0.15, 0.2) is 0 Å². The second-order valence-electron chi connectivity index (χ2n) is 5.38. The Bertz CT molecular complexity index is 212. The quantitative estimate of drug-likeness (QED) is 0.573. The number of aliphatic hydroxyl groups excluding tert-OH is 2. The van der Waals surface area contributed by atoms with Crippen molar-refractivity contribution in [2.24, 2.45) is 16.7 Å². The summed E-state index contributed by atoms with van der Waals surface area (Å²) in [5, 5.41) is 19.7. The molecule has 2 aliphatic rings. The van der Waals surface area contributed by atoms with Gasteiger partial charge in [-0.25, -0.2) is 0 Å². The molecule has 0 saturated heterocycles. The first-order valence-electron chi connectivity index (χ1n) is 4.75. The maximum absolute atomic E-state index is 10.0. The van der Waals surface area contributed by atoms with Crippen LogP contribution in [0.3, 0.4) is 0 Å². The van der Waals surface area contributed by atoms with E-state index in [9.17, 15) is 10.2 Å². The largest absolute Gasteiger partial charge is 0.392 e. The van der Waals surface area contributed by atoms with Crippen molar-refractivity contribution in [1.29, 1.82) is 0 Å². The van der Waals surface area contributed by atoms with Crippen LogP contribution in [0, 0.1) is 16.7 Å². The Hall–Kier alpha value is -0.0800. The van der Waals surface area contributed by atoms with Gasteiger partial charge in [0.1, 0.15) is 0 Å². The zero-order valence-electron chi connectivity index (χ0n) is 8.04. The molecule has 1 unspecified atom stereocenters. The molecule has 2 aliphatic carbocycles. The predicted octanol–water partition coefficient (Wildman–Crippen LogP) is 1.16. The van der Waals surface area contributed by atoms with Gasteiger partial charge in [-0.3, -0.25) is 0 Å². The summed E-state index contributed by atoms with van der Waals surface area (Å²) in [6.07, 6.45) is 1.24. The normalized spacial score (nSPS) is 56.2. The predicted molar refractivity (Wildman–Crippen MR) is 46.6 cm³/mol. The van der Waals surface area contributed by atoms with E-state index in [2.05, 4.69) is 13.8 Å². The van der Waals surface area contributed by atoms with E-state index in [0.717, 1.165) is 12.8 Å². The van der Waals surface area contributed by atoms with Gasteiger partial charge in [-0.1, -0.05) is 20.8 Å². The number of rotatable bonds is 0. The first-order valence-corrected chi connectivity index (χ1v) is 4.75. The second kappa shape index (κ2) is 2.05. The fourth-order valence-corrected chi connectivity index (χ4v) is 3.22. The summed E-state index contributed by atoms with van der Waals surface area (Å²) in [5.74, 6) is 0.507. The van der Waals surface area contributed by atoms with Crippen LogP contribution in [0.25, 0.3) is 0 Å². The van der Waals surface area contributed by atoms with E-state index in [4.69, 9.17) is 0 Å². The molecule has 2 heteroatoms. The van der Waals surface area contributed by atoms with Crippen LogP contribution in [0.2, 0.25) is 0 Å². The lowest BCUT2D eigenvalue weighted by Gasteiger charge is -2.41. The maximum Gasteiger partial charge on any atom is 0.0672 e. The molecule has 0 radical (unpaired) electrons. The zero-order chi connectivity index (χ0) is 9.15. The first-order chi connectivity index (χ1) is 5.39. The van der Waals surface area contributed by atoms with Crippen molar-refractivity contribution >= 4 is 0 Å². The molecule has 4 atom stereocenters. The van der Waals surface area contributed by atoms with Crippen molar-refractivity contribution in [3.63, 3.8) is 0 Å². The van der Waals surface area contributed by atoms with Crippen molar-refractivity contribution in [2.45, 2.75) is 45.8 Å². The Labute approximate surface area is 73.6 Å². The van der Waals surface area contributed by atoms with E-state index in [-0.39, 0.29) is 23.0 Å². The molecule has 0 aliphatic heterocycles. The van der Waals surface area contributed by atoms with Crippen molar-refractivity contribution in [2.75, 3.05) is 0 Å². The Kier molecular flexibility index (Phi) is 1.45. The van der Waals surface area contributed by atoms with Gasteiger partial charge < -0.3 is 10.2 Å². The van der Waals surface area contributed by atoms with Crippen LogP contribution in [0.4, 0.5) is 0 Å². The third-order valence-corrected chi connectivity index (χ3v) is 4.34. The van der Waals surface area contributed by atoms with Crippen molar-refractivity contribution in [3.05, 3.63) is 0 Å². The minimum Gasteiger partial charge on any atom is -0.392 e. The summed E-state index contributed by atoms with van der Waals surface area (Å²) in [6.45, 7) is 6.23. The monoisotopic (exact) mass is 170 g/mol. The van der Waals surface area contributed by atoms with Gasteiger partial charge in [0.05, 0.1) is 12.2 Å². The summed E-state index contributed by atoms with van der Waals surface area (Å²) in [7, 11) is 0. The molecule has 2 nitrogen and oxygen atoms in total. The van der Waals surface area contributed by atoms with Crippen molar-refractivity contribution in [1.82, 2.24) is 0 Å². The smallest absolute Gasteiger partial charge is 0.0672 e. The SMILES string of the molecule is CC1(C)C2C[C@H](O)[C@](C)(C2)[C@H]1O. The van der Waals surface area contributed by atoms with Gasteiger partial charge in [0.15, 0.2) is 0 Å². The molecule has 0 aromatic carbocycles. The van der Waals surface area contributed by atoms with Crippen LogP contribution < -0.4 is 0 Å². The van der Waals surface area contributed by atoms with Gasteiger partial charge in [0.2, 0.25) is 0 Å². The average molecular weight is 170 g/mol. The highest BCUT2D eigenvalue weighted by Crippen LogP contribution is 2.62. The van der Waals surface area contributed by atoms with Crippen molar-refractivity contribution < 1.29 is 10.2 Å². The standard InChI is InChI=1S/C10H18O2/c1-9(2)6-4-7(11)10(3,5-6)8(9)12/h6-8,11-12H,4-5H2,1-3H3/t6?,7-,8-,10-/m0/s1. The number of aliphatic hydroxyl groups is 2. The lowest BCUT2D eigenvalue weighted by molar-refractivity contribution is -0.0970. The van der Waals surface area contributed by atoms with Crippen molar-refractivity contribution in [3.8, 4) is 0 Å². The molecule has 2 bridgehead atoms. The van der Waals surface area contributed by atoms with Crippen LogP contribution in [0.1, 0.15) is 33.6 Å². The highest BCUT2D eigenvalue weighted by atomic mass is 16.3. The van der Waals surface area contributed by atoms with Crippen LogP contribution in [0.5, 0.6) is 0 Å². The van der Waals surface area contributed by atoms with E-state index < -0.39 is 0 Å². The molecule has 0 heterocycles. The van der Waals surface area contributed by atoms with Gasteiger partial charge in [-0.15, -0.1) is 0 Å². The summed E-state index contributed by atoms with van der Waals surface area (Å²) in [4.78, 5) is 0.